The van der Waals surface area contributed by atoms with Gasteiger partial charge in [-0.05, 0) is 63.7 Å². The second-order valence-electron chi connectivity index (χ2n) is 7.27. The standard InChI is InChI=1S/C20H30N4O4/c1-6-20(15-8-9-16(28-5)14(2)12-15)18(26)24(19(27)22-20)13-17(25)21-10-7-11-23(3)4/h8-9,12H,6-7,10-11,13H2,1-5H3,(H,21,25)(H,22,27). The van der Waals surface area contributed by atoms with Gasteiger partial charge in [-0.1, -0.05) is 13.0 Å². The fourth-order valence-corrected chi connectivity index (χ4v) is 3.38. The summed E-state index contributed by atoms with van der Waals surface area (Å²) in [6.45, 7) is 4.77. The van der Waals surface area contributed by atoms with E-state index >= 15 is 0 Å². The van der Waals surface area contributed by atoms with E-state index in [2.05, 4.69) is 10.6 Å². The summed E-state index contributed by atoms with van der Waals surface area (Å²) in [5.74, 6) is -0.0474. The van der Waals surface area contributed by atoms with Crippen LogP contribution < -0.4 is 15.4 Å². The van der Waals surface area contributed by atoms with Crippen molar-refractivity contribution in [2.75, 3.05) is 40.8 Å². The van der Waals surface area contributed by atoms with Crippen molar-refractivity contribution in [2.45, 2.75) is 32.2 Å². The van der Waals surface area contributed by atoms with Crippen molar-refractivity contribution in [2.24, 2.45) is 0 Å². The van der Waals surface area contributed by atoms with Gasteiger partial charge in [0.2, 0.25) is 5.91 Å². The summed E-state index contributed by atoms with van der Waals surface area (Å²) in [6, 6.07) is 4.84. The summed E-state index contributed by atoms with van der Waals surface area (Å²) in [7, 11) is 5.50. The maximum atomic E-state index is 13.1. The van der Waals surface area contributed by atoms with Crippen molar-refractivity contribution in [3.8, 4) is 5.75 Å². The Morgan fingerprint density at radius 1 is 1.32 bits per heavy atom. The summed E-state index contributed by atoms with van der Waals surface area (Å²) in [4.78, 5) is 40.8. The maximum absolute atomic E-state index is 13.1. The highest BCUT2D eigenvalue weighted by atomic mass is 16.5. The number of aryl methyl sites for hydroxylation is 1. The van der Waals surface area contributed by atoms with Crippen LogP contribution in [0.15, 0.2) is 18.2 Å². The molecule has 1 aromatic rings. The monoisotopic (exact) mass is 390 g/mol. The minimum absolute atomic E-state index is 0.288. The molecular weight excluding hydrogens is 360 g/mol. The van der Waals surface area contributed by atoms with Crippen LogP contribution in [-0.4, -0.2) is 68.5 Å². The number of benzene rings is 1. The first-order valence-electron chi connectivity index (χ1n) is 9.45. The SMILES string of the molecule is CCC1(c2ccc(OC)c(C)c2)NC(=O)N(CC(=O)NCCCN(C)C)C1=O. The number of hydrogen-bond acceptors (Lipinski definition) is 5. The molecular formula is C20H30N4O4. The lowest BCUT2D eigenvalue weighted by atomic mass is 9.86. The molecule has 154 valence electrons. The van der Waals surface area contributed by atoms with Crippen molar-refractivity contribution in [3.05, 3.63) is 29.3 Å². The molecule has 2 rings (SSSR count). The number of nitrogens with one attached hydrogen (secondary N) is 2. The van der Waals surface area contributed by atoms with E-state index in [0.717, 1.165) is 23.4 Å². The lowest BCUT2D eigenvalue weighted by Crippen LogP contribution is -2.45. The lowest BCUT2D eigenvalue weighted by Gasteiger charge is -2.26. The fraction of sp³-hybridized carbons (Fsp3) is 0.550. The van der Waals surface area contributed by atoms with Crippen molar-refractivity contribution in [3.63, 3.8) is 0 Å². The van der Waals surface area contributed by atoms with E-state index in [4.69, 9.17) is 4.74 Å². The first kappa shape index (κ1) is 21.7. The Bertz CT molecular complexity index is 750. The number of imide groups is 1. The van der Waals surface area contributed by atoms with Crippen molar-refractivity contribution in [1.29, 1.82) is 0 Å². The predicted molar refractivity (Wildman–Crippen MR) is 106 cm³/mol. The normalized spacial score (nSPS) is 19.1. The molecule has 0 aliphatic carbocycles. The molecule has 1 aliphatic heterocycles. The molecule has 4 amide bonds. The molecule has 1 heterocycles. The van der Waals surface area contributed by atoms with Crippen molar-refractivity contribution < 1.29 is 19.1 Å². The van der Waals surface area contributed by atoms with Gasteiger partial charge >= 0.3 is 6.03 Å². The number of carbonyl (C=O) groups excluding carboxylic acids is 3. The molecule has 1 saturated heterocycles. The van der Waals surface area contributed by atoms with Crippen LogP contribution in [0.4, 0.5) is 4.79 Å². The molecule has 28 heavy (non-hydrogen) atoms. The van der Waals surface area contributed by atoms with E-state index in [1.165, 1.54) is 0 Å². The van der Waals surface area contributed by atoms with E-state index in [1.54, 1.807) is 19.2 Å². The van der Waals surface area contributed by atoms with Crippen LogP contribution >= 0.6 is 0 Å². The molecule has 2 N–H and O–H groups in total. The van der Waals surface area contributed by atoms with Gasteiger partial charge in [0.25, 0.3) is 5.91 Å². The maximum Gasteiger partial charge on any atom is 0.325 e. The number of nitrogens with zero attached hydrogens (tertiary/aromatic N) is 2. The number of methoxy groups -OCH3 is 1. The molecule has 1 aliphatic rings. The Labute approximate surface area is 166 Å². The third kappa shape index (κ3) is 4.44. The summed E-state index contributed by atoms with van der Waals surface area (Å²) in [5.41, 5.74) is 0.381. The summed E-state index contributed by atoms with van der Waals surface area (Å²) in [5, 5.41) is 5.55. The summed E-state index contributed by atoms with van der Waals surface area (Å²) >= 11 is 0. The highest BCUT2D eigenvalue weighted by Crippen LogP contribution is 2.34. The van der Waals surface area contributed by atoms with Gasteiger partial charge in [-0.25, -0.2) is 4.79 Å². The number of hydrogen-bond donors (Lipinski definition) is 2. The highest BCUT2D eigenvalue weighted by molar-refractivity contribution is 6.09. The molecule has 0 bridgehead atoms. The number of carbonyl (C=O) groups is 3. The lowest BCUT2D eigenvalue weighted by molar-refractivity contribution is -0.135. The van der Waals surface area contributed by atoms with Gasteiger partial charge < -0.3 is 20.3 Å². The fourth-order valence-electron chi connectivity index (χ4n) is 3.38. The van der Waals surface area contributed by atoms with E-state index in [0.29, 0.717) is 24.3 Å². The Balaban J connectivity index is 2.12. The van der Waals surface area contributed by atoms with Gasteiger partial charge in [0.15, 0.2) is 0 Å². The predicted octanol–water partition coefficient (Wildman–Crippen LogP) is 1.23. The van der Waals surface area contributed by atoms with Gasteiger partial charge in [-0.3, -0.25) is 14.5 Å². The zero-order valence-electron chi connectivity index (χ0n) is 17.3. The van der Waals surface area contributed by atoms with E-state index in [9.17, 15) is 14.4 Å². The number of rotatable bonds is 9. The van der Waals surface area contributed by atoms with Crippen molar-refractivity contribution >= 4 is 17.8 Å². The largest absolute Gasteiger partial charge is 0.496 e. The van der Waals surface area contributed by atoms with Crippen LogP contribution in [0.2, 0.25) is 0 Å². The van der Waals surface area contributed by atoms with Gasteiger partial charge in [0, 0.05) is 6.54 Å². The summed E-state index contributed by atoms with van der Waals surface area (Å²) in [6.07, 6.45) is 1.17. The Hall–Kier alpha value is -2.61. The average molecular weight is 390 g/mol. The third-order valence-electron chi connectivity index (χ3n) is 5.00. The molecule has 8 nitrogen and oxygen atoms in total. The number of ether oxygens (including phenoxy) is 1. The zero-order valence-corrected chi connectivity index (χ0v) is 17.3. The Kier molecular flexibility index (Phi) is 7.01. The van der Waals surface area contributed by atoms with Crippen LogP contribution in [0.1, 0.15) is 30.9 Å². The second-order valence-corrected chi connectivity index (χ2v) is 7.27. The van der Waals surface area contributed by atoms with Crippen LogP contribution in [0.5, 0.6) is 5.75 Å². The van der Waals surface area contributed by atoms with E-state index in [-0.39, 0.29) is 12.5 Å². The molecule has 1 unspecified atom stereocenters. The smallest absolute Gasteiger partial charge is 0.325 e. The topological polar surface area (TPSA) is 91.0 Å². The molecule has 0 saturated carbocycles. The third-order valence-corrected chi connectivity index (χ3v) is 5.00. The molecule has 0 spiro atoms. The van der Waals surface area contributed by atoms with Crippen molar-refractivity contribution in [1.82, 2.24) is 20.4 Å². The minimum atomic E-state index is -1.17. The number of urea groups is 1. The Morgan fingerprint density at radius 2 is 2.04 bits per heavy atom. The molecule has 8 heteroatoms. The first-order chi connectivity index (χ1) is 13.2. The van der Waals surface area contributed by atoms with Gasteiger partial charge in [-0.2, -0.15) is 0 Å². The average Bonchev–Trinajstić information content (AvgIpc) is 2.90. The van der Waals surface area contributed by atoms with Crippen LogP contribution in [0.3, 0.4) is 0 Å². The quantitative estimate of drug-likeness (QED) is 0.489. The second kappa shape index (κ2) is 9.05. The molecule has 1 fully saturated rings. The molecule has 1 aromatic carbocycles. The summed E-state index contributed by atoms with van der Waals surface area (Å²) < 4.78 is 5.27. The van der Waals surface area contributed by atoms with Gasteiger partial charge in [0.05, 0.1) is 7.11 Å². The van der Waals surface area contributed by atoms with E-state index < -0.39 is 17.5 Å². The van der Waals surface area contributed by atoms with Crippen LogP contribution in [-0.2, 0) is 15.1 Å². The van der Waals surface area contributed by atoms with Gasteiger partial charge in [-0.15, -0.1) is 0 Å². The molecule has 0 aromatic heterocycles. The highest BCUT2D eigenvalue weighted by Gasteiger charge is 2.51. The zero-order chi connectivity index (χ0) is 20.9. The Morgan fingerprint density at radius 3 is 2.61 bits per heavy atom. The van der Waals surface area contributed by atoms with Gasteiger partial charge in [0.1, 0.15) is 17.8 Å². The number of amides is 4. The minimum Gasteiger partial charge on any atom is -0.496 e. The van der Waals surface area contributed by atoms with Crippen LogP contribution in [0, 0.1) is 6.92 Å². The first-order valence-corrected chi connectivity index (χ1v) is 9.45. The molecule has 0 radical (unpaired) electrons. The molecule has 1 atom stereocenters. The van der Waals surface area contributed by atoms with Crippen LogP contribution in [0.25, 0.3) is 0 Å². The van der Waals surface area contributed by atoms with E-state index in [1.807, 2.05) is 38.9 Å².